The highest BCUT2D eigenvalue weighted by molar-refractivity contribution is 7.99. The van der Waals surface area contributed by atoms with E-state index >= 15 is 0 Å². The van der Waals surface area contributed by atoms with Gasteiger partial charge in [0, 0.05) is 16.3 Å². The average molecular weight is 350 g/mol. The maximum Gasteiger partial charge on any atom is 0.240 e. The minimum Gasteiger partial charge on any atom is -0.392 e. The molecule has 1 fully saturated rings. The molecule has 0 spiro atoms. The van der Waals surface area contributed by atoms with Gasteiger partial charge in [-0.15, -0.1) is 0 Å². The molecule has 0 amide bonds. The monoisotopic (exact) mass is 349 g/mol. The SMILES string of the molecule is CSC1CCC(NS(=O)(=O)c2ccc(CO)c(Cl)c2)CC1. The summed E-state index contributed by atoms with van der Waals surface area (Å²) in [6.07, 6.45) is 5.91. The molecule has 1 aromatic rings. The van der Waals surface area contributed by atoms with E-state index in [2.05, 4.69) is 11.0 Å². The van der Waals surface area contributed by atoms with Crippen LogP contribution in [0.4, 0.5) is 0 Å². The van der Waals surface area contributed by atoms with E-state index in [4.69, 9.17) is 16.7 Å². The van der Waals surface area contributed by atoms with Crippen LogP contribution in [0.5, 0.6) is 0 Å². The van der Waals surface area contributed by atoms with Gasteiger partial charge in [0.05, 0.1) is 11.5 Å². The van der Waals surface area contributed by atoms with Crippen LogP contribution in [-0.2, 0) is 16.6 Å². The molecule has 1 aliphatic carbocycles. The third-order valence-corrected chi connectivity index (χ3v) is 6.84. The quantitative estimate of drug-likeness (QED) is 0.857. The smallest absolute Gasteiger partial charge is 0.240 e. The van der Waals surface area contributed by atoms with E-state index < -0.39 is 10.0 Å². The first-order valence-corrected chi connectivity index (χ1v) is 10.1. The molecule has 0 heterocycles. The second-order valence-corrected chi connectivity index (χ2v) is 8.50. The standard InChI is InChI=1S/C14H20ClNO3S2/c1-20-12-5-3-11(4-6-12)16-21(18,19)13-7-2-10(9-17)14(15)8-13/h2,7-8,11-12,16-17H,3-6,9H2,1H3. The van der Waals surface area contributed by atoms with Crippen molar-refractivity contribution in [1.82, 2.24) is 4.72 Å². The van der Waals surface area contributed by atoms with Crippen molar-refractivity contribution >= 4 is 33.4 Å². The van der Waals surface area contributed by atoms with Crippen molar-refractivity contribution in [3.05, 3.63) is 28.8 Å². The van der Waals surface area contributed by atoms with Gasteiger partial charge in [0.1, 0.15) is 0 Å². The molecule has 0 aliphatic heterocycles. The average Bonchev–Trinajstić information content (AvgIpc) is 2.47. The van der Waals surface area contributed by atoms with Gasteiger partial charge in [0.25, 0.3) is 0 Å². The fraction of sp³-hybridized carbons (Fsp3) is 0.571. The normalized spacial score (nSPS) is 23.2. The lowest BCUT2D eigenvalue weighted by molar-refractivity contribution is 0.282. The first-order valence-electron chi connectivity index (χ1n) is 6.90. The minimum atomic E-state index is -3.55. The zero-order valence-electron chi connectivity index (χ0n) is 11.9. The Morgan fingerprint density at radius 1 is 1.33 bits per heavy atom. The topological polar surface area (TPSA) is 66.4 Å². The molecule has 1 aromatic carbocycles. The summed E-state index contributed by atoms with van der Waals surface area (Å²) in [6.45, 7) is -0.203. The van der Waals surface area contributed by atoms with E-state index in [1.807, 2.05) is 11.8 Å². The lowest BCUT2D eigenvalue weighted by Gasteiger charge is -2.27. The first-order chi connectivity index (χ1) is 9.96. The summed E-state index contributed by atoms with van der Waals surface area (Å²) in [7, 11) is -3.55. The molecule has 0 radical (unpaired) electrons. The summed E-state index contributed by atoms with van der Waals surface area (Å²) in [5, 5.41) is 9.98. The Bertz CT molecular complexity index is 584. The zero-order valence-corrected chi connectivity index (χ0v) is 14.3. The minimum absolute atomic E-state index is 0.00491. The molecule has 0 unspecified atom stereocenters. The largest absolute Gasteiger partial charge is 0.392 e. The lowest BCUT2D eigenvalue weighted by atomic mass is 9.96. The van der Waals surface area contributed by atoms with Crippen LogP contribution in [0.2, 0.25) is 5.02 Å². The number of hydrogen-bond donors (Lipinski definition) is 2. The maximum atomic E-state index is 12.4. The van der Waals surface area contributed by atoms with Crippen LogP contribution in [0, 0.1) is 0 Å². The van der Waals surface area contributed by atoms with Crippen LogP contribution >= 0.6 is 23.4 Å². The zero-order chi connectivity index (χ0) is 15.5. The van der Waals surface area contributed by atoms with Crippen molar-refractivity contribution < 1.29 is 13.5 Å². The van der Waals surface area contributed by atoms with Crippen molar-refractivity contribution in [2.24, 2.45) is 0 Å². The van der Waals surface area contributed by atoms with Gasteiger partial charge in [-0.1, -0.05) is 17.7 Å². The summed E-state index contributed by atoms with van der Waals surface area (Å²) in [6, 6.07) is 4.41. The maximum absolute atomic E-state index is 12.4. The van der Waals surface area contributed by atoms with Crippen molar-refractivity contribution in [3.63, 3.8) is 0 Å². The van der Waals surface area contributed by atoms with Gasteiger partial charge < -0.3 is 5.11 Å². The van der Waals surface area contributed by atoms with Gasteiger partial charge in [-0.2, -0.15) is 11.8 Å². The third kappa shape index (κ3) is 4.36. The van der Waals surface area contributed by atoms with E-state index in [9.17, 15) is 8.42 Å². The molecule has 2 rings (SSSR count). The summed E-state index contributed by atoms with van der Waals surface area (Å²) in [5.74, 6) is 0. The molecule has 4 nitrogen and oxygen atoms in total. The van der Waals surface area contributed by atoms with Crippen molar-refractivity contribution in [2.45, 2.75) is 48.5 Å². The van der Waals surface area contributed by atoms with Crippen LogP contribution in [-0.4, -0.2) is 31.1 Å². The Balaban J connectivity index is 2.07. The molecule has 0 bridgehead atoms. The molecule has 0 atom stereocenters. The molecule has 118 valence electrons. The highest BCUT2D eigenvalue weighted by Crippen LogP contribution is 2.28. The van der Waals surface area contributed by atoms with Crippen LogP contribution in [0.1, 0.15) is 31.2 Å². The molecule has 7 heteroatoms. The Morgan fingerprint density at radius 3 is 2.52 bits per heavy atom. The lowest BCUT2D eigenvalue weighted by Crippen LogP contribution is -2.38. The van der Waals surface area contributed by atoms with Gasteiger partial charge in [0.2, 0.25) is 10.0 Å². The highest BCUT2D eigenvalue weighted by Gasteiger charge is 2.25. The van der Waals surface area contributed by atoms with E-state index in [-0.39, 0.29) is 22.6 Å². The van der Waals surface area contributed by atoms with Crippen molar-refractivity contribution in [2.75, 3.05) is 6.26 Å². The fourth-order valence-corrected chi connectivity index (χ4v) is 4.91. The second-order valence-electron chi connectivity index (χ2n) is 5.24. The number of halogens is 1. The number of rotatable bonds is 5. The summed E-state index contributed by atoms with van der Waals surface area (Å²) < 4.78 is 27.5. The Hall–Kier alpha value is -0.270. The van der Waals surface area contributed by atoms with Crippen LogP contribution < -0.4 is 4.72 Å². The number of benzene rings is 1. The molecule has 1 saturated carbocycles. The van der Waals surface area contributed by atoms with Gasteiger partial charge in [-0.05, 0) is 49.6 Å². The first kappa shape index (κ1) is 17.1. The molecule has 21 heavy (non-hydrogen) atoms. The number of aliphatic hydroxyl groups excluding tert-OH is 1. The van der Waals surface area contributed by atoms with Crippen molar-refractivity contribution in [3.8, 4) is 0 Å². The Kier molecular flexibility index (Phi) is 5.96. The Labute approximate surface area is 135 Å². The van der Waals surface area contributed by atoms with E-state index in [1.165, 1.54) is 12.1 Å². The predicted molar refractivity (Wildman–Crippen MR) is 87.3 cm³/mol. The van der Waals surface area contributed by atoms with Crippen LogP contribution in [0.3, 0.4) is 0 Å². The van der Waals surface area contributed by atoms with Gasteiger partial charge in [-0.25, -0.2) is 13.1 Å². The van der Waals surface area contributed by atoms with E-state index in [1.54, 1.807) is 6.07 Å². The van der Waals surface area contributed by atoms with Crippen LogP contribution in [0.25, 0.3) is 0 Å². The predicted octanol–water partition coefficient (Wildman–Crippen LogP) is 2.78. The molecular weight excluding hydrogens is 330 g/mol. The number of thioether (sulfide) groups is 1. The van der Waals surface area contributed by atoms with Gasteiger partial charge >= 0.3 is 0 Å². The highest BCUT2D eigenvalue weighted by atomic mass is 35.5. The number of hydrogen-bond acceptors (Lipinski definition) is 4. The van der Waals surface area contributed by atoms with Crippen LogP contribution in [0.15, 0.2) is 23.1 Å². The fourth-order valence-electron chi connectivity index (χ4n) is 2.53. The molecule has 2 N–H and O–H groups in total. The summed E-state index contributed by atoms with van der Waals surface area (Å²) in [5.41, 5.74) is 0.524. The molecular formula is C14H20ClNO3S2. The Morgan fingerprint density at radius 2 is 2.00 bits per heavy atom. The van der Waals surface area contributed by atoms with Crippen molar-refractivity contribution in [1.29, 1.82) is 0 Å². The summed E-state index contributed by atoms with van der Waals surface area (Å²) in [4.78, 5) is 0.150. The number of aliphatic hydroxyl groups is 1. The summed E-state index contributed by atoms with van der Waals surface area (Å²) >= 11 is 7.81. The second kappa shape index (κ2) is 7.33. The van der Waals surface area contributed by atoms with E-state index in [0.717, 1.165) is 25.7 Å². The van der Waals surface area contributed by atoms with Gasteiger partial charge in [0.15, 0.2) is 0 Å². The number of nitrogens with one attached hydrogen (secondary N) is 1. The number of sulfonamides is 1. The molecule has 1 aliphatic rings. The molecule has 0 aromatic heterocycles. The van der Waals surface area contributed by atoms with E-state index in [0.29, 0.717) is 10.8 Å². The molecule has 0 saturated heterocycles. The third-order valence-electron chi connectivity index (χ3n) is 3.83. The van der Waals surface area contributed by atoms with Gasteiger partial charge in [-0.3, -0.25) is 0 Å².